The van der Waals surface area contributed by atoms with Crippen LogP contribution < -0.4 is 10.2 Å². The molecule has 1 aromatic rings. The minimum Gasteiger partial charge on any atom is -0.488 e. The van der Waals surface area contributed by atoms with E-state index >= 15 is 0 Å². The number of hydrogen-bond donors (Lipinski definition) is 1. The average Bonchev–Trinajstić information content (AvgIpc) is 2.71. The lowest BCUT2D eigenvalue weighted by Gasteiger charge is -2.20. The Morgan fingerprint density at radius 2 is 2.11 bits per heavy atom. The lowest BCUT2D eigenvalue weighted by molar-refractivity contribution is 0.0266. The number of hydroxylamine groups is 1. The van der Waals surface area contributed by atoms with Gasteiger partial charge in [0, 0.05) is 5.56 Å². The molecule has 3 nitrogen and oxygen atoms in total. The van der Waals surface area contributed by atoms with E-state index in [-0.39, 0.29) is 12.1 Å². The molecule has 2 atom stereocenters. The average molecular weight is 263 g/mol. The SMILES string of the molecule is CCCC1Oc2c(C)ccc(C(C)C)c2C1NOC. The predicted molar refractivity (Wildman–Crippen MR) is 77.5 cm³/mol. The third-order valence-electron chi connectivity index (χ3n) is 3.82. The van der Waals surface area contributed by atoms with Crippen LogP contribution in [0.25, 0.3) is 0 Å². The summed E-state index contributed by atoms with van der Waals surface area (Å²) in [5.41, 5.74) is 6.98. The Morgan fingerprint density at radius 1 is 1.37 bits per heavy atom. The first-order chi connectivity index (χ1) is 9.10. The van der Waals surface area contributed by atoms with E-state index in [0.717, 1.165) is 18.6 Å². The number of nitrogens with one attached hydrogen (secondary N) is 1. The lowest BCUT2D eigenvalue weighted by atomic mass is 9.89. The van der Waals surface area contributed by atoms with Gasteiger partial charge in [-0.15, -0.1) is 0 Å². The largest absolute Gasteiger partial charge is 0.488 e. The highest BCUT2D eigenvalue weighted by Gasteiger charge is 2.37. The van der Waals surface area contributed by atoms with Crippen LogP contribution in [0, 0.1) is 6.92 Å². The fourth-order valence-corrected chi connectivity index (χ4v) is 2.88. The molecule has 1 N–H and O–H groups in total. The topological polar surface area (TPSA) is 30.5 Å². The molecule has 3 heteroatoms. The van der Waals surface area contributed by atoms with Gasteiger partial charge in [0.15, 0.2) is 0 Å². The highest BCUT2D eigenvalue weighted by molar-refractivity contribution is 5.52. The van der Waals surface area contributed by atoms with Crippen LogP contribution in [0.15, 0.2) is 12.1 Å². The second-order valence-corrected chi connectivity index (χ2v) is 5.61. The summed E-state index contributed by atoms with van der Waals surface area (Å²) >= 11 is 0. The number of hydrogen-bond acceptors (Lipinski definition) is 3. The molecule has 2 unspecified atom stereocenters. The highest BCUT2D eigenvalue weighted by atomic mass is 16.6. The molecule has 0 aliphatic carbocycles. The summed E-state index contributed by atoms with van der Waals surface area (Å²) in [7, 11) is 1.67. The summed E-state index contributed by atoms with van der Waals surface area (Å²) < 4.78 is 6.19. The maximum atomic E-state index is 6.19. The second kappa shape index (κ2) is 5.93. The zero-order chi connectivity index (χ0) is 14.0. The molecule has 106 valence electrons. The van der Waals surface area contributed by atoms with E-state index in [1.807, 2.05) is 0 Å². The number of fused-ring (bicyclic) bond motifs is 1. The predicted octanol–water partition coefficient (Wildman–Crippen LogP) is 3.87. The van der Waals surface area contributed by atoms with Crippen molar-refractivity contribution in [2.75, 3.05) is 7.11 Å². The van der Waals surface area contributed by atoms with Crippen LogP contribution in [0.4, 0.5) is 0 Å². The first-order valence-electron chi connectivity index (χ1n) is 7.18. The molecular formula is C16H25NO2. The van der Waals surface area contributed by atoms with Gasteiger partial charge in [-0.3, -0.25) is 0 Å². The van der Waals surface area contributed by atoms with Crippen molar-refractivity contribution in [3.8, 4) is 5.75 Å². The molecule has 0 saturated heterocycles. The van der Waals surface area contributed by atoms with E-state index in [1.165, 1.54) is 16.7 Å². The zero-order valence-electron chi connectivity index (χ0n) is 12.6. The van der Waals surface area contributed by atoms with E-state index in [1.54, 1.807) is 7.11 Å². The molecule has 0 saturated carbocycles. The van der Waals surface area contributed by atoms with Crippen LogP contribution in [0.1, 0.15) is 62.3 Å². The Hall–Kier alpha value is -1.06. The normalized spacial score (nSPS) is 21.6. The molecule has 1 heterocycles. The van der Waals surface area contributed by atoms with E-state index in [2.05, 4.69) is 45.3 Å². The Morgan fingerprint density at radius 3 is 2.68 bits per heavy atom. The Kier molecular flexibility index (Phi) is 4.48. The molecule has 19 heavy (non-hydrogen) atoms. The molecule has 1 aliphatic heterocycles. The zero-order valence-corrected chi connectivity index (χ0v) is 12.6. The van der Waals surface area contributed by atoms with E-state index < -0.39 is 0 Å². The molecule has 0 amide bonds. The molecular weight excluding hydrogens is 238 g/mol. The first-order valence-corrected chi connectivity index (χ1v) is 7.18. The lowest BCUT2D eigenvalue weighted by Crippen LogP contribution is -2.30. The van der Waals surface area contributed by atoms with E-state index in [4.69, 9.17) is 9.57 Å². The number of rotatable bonds is 5. The summed E-state index contributed by atoms with van der Waals surface area (Å²) in [6.45, 7) is 8.75. The van der Waals surface area contributed by atoms with Gasteiger partial charge in [0.2, 0.25) is 0 Å². The van der Waals surface area contributed by atoms with Gasteiger partial charge >= 0.3 is 0 Å². The van der Waals surface area contributed by atoms with E-state index in [0.29, 0.717) is 5.92 Å². The standard InChI is InChI=1S/C16H25NO2/c1-6-7-13-15(17-18-5)14-12(10(2)3)9-8-11(4)16(14)19-13/h8-10,13,15,17H,6-7H2,1-5H3. The Bertz CT molecular complexity index is 443. The van der Waals surface area contributed by atoms with Crippen LogP contribution >= 0.6 is 0 Å². The quantitative estimate of drug-likeness (QED) is 0.818. The first kappa shape index (κ1) is 14.4. The Labute approximate surface area is 116 Å². The monoisotopic (exact) mass is 263 g/mol. The molecule has 0 spiro atoms. The molecule has 1 aliphatic rings. The van der Waals surface area contributed by atoms with Gasteiger partial charge in [0.1, 0.15) is 11.9 Å². The maximum Gasteiger partial charge on any atom is 0.128 e. The smallest absolute Gasteiger partial charge is 0.128 e. The van der Waals surface area contributed by atoms with Crippen molar-refractivity contribution in [3.63, 3.8) is 0 Å². The maximum absolute atomic E-state index is 6.19. The van der Waals surface area contributed by atoms with Gasteiger partial charge in [-0.05, 0) is 30.4 Å². The molecule has 1 aromatic carbocycles. The second-order valence-electron chi connectivity index (χ2n) is 5.61. The summed E-state index contributed by atoms with van der Waals surface area (Å²) in [4.78, 5) is 5.20. The van der Waals surface area contributed by atoms with Crippen molar-refractivity contribution in [1.82, 2.24) is 5.48 Å². The van der Waals surface area contributed by atoms with Gasteiger partial charge in [0.25, 0.3) is 0 Å². The van der Waals surface area contributed by atoms with Crippen molar-refractivity contribution >= 4 is 0 Å². The number of ether oxygens (including phenoxy) is 1. The van der Waals surface area contributed by atoms with Crippen LogP contribution in [-0.4, -0.2) is 13.2 Å². The third kappa shape index (κ3) is 2.63. The fraction of sp³-hybridized carbons (Fsp3) is 0.625. The van der Waals surface area contributed by atoms with Crippen molar-refractivity contribution in [1.29, 1.82) is 0 Å². The van der Waals surface area contributed by atoms with Crippen LogP contribution in [0.3, 0.4) is 0 Å². The van der Waals surface area contributed by atoms with Crippen molar-refractivity contribution in [2.24, 2.45) is 0 Å². The molecule has 2 rings (SSSR count). The summed E-state index contributed by atoms with van der Waals surface area (Å²) in [5.74, 6) is 1.54. The minimum absolute atomic E-state index is 0.136. The van der Waals surface area contributed by atoms with Crippen LogP contribution in [-0.2, 0) is 4.84 Å². The molecule has 0 fully saturated rings. The number of aryl methyl sites for hydroxylation is 1. The molecule has 0 aromatic heterocycles. The van der Waals surface area contributed by atoms with Gasteiger partial charge in [0.05, 0.1) is 13.2 Å². The van der Waals surface area contributed by atoms with Crippen molar-refractivity contribution < 1.29 is 9.57 Å². The summed E-state index contributed by atoms with van der Waals surface area (Å²) in [6, 6.07) is 4.52. The van der Waals surface area contributed by atoms with Gasteiger partial charge in [-0.25, -0.2) is 0 Å². The van der Waals surface area contributed by atoms with Gasteiger partial charge in [-0.1, -0.05) is 39.3 Å². The summed E-state index contributed by atoms with van der Waals surface area (Å²) in [6.07, 6.45) is 2.31. The van der Waals surface area contributed by atoms with Crippen LogP contribution in [0.2, 0.25) is 0 Å². The minimum atomic E-state index is 0.136. The van der Waals surface area contributed by atoms with Gasteiger partial charge < -0.3 is 9.57 Å². The van der Waals surface area contributed by atoms with E-state index in [9.17, 15) is 0 Å². The number of benzene rings is 1. The van der Waals surface area contributed by atoms with Crippen molar-refractivity contribution in [2.45, 2.75) is 58.6 Å². The third-order valence-corrected chi connectivity index (χ3v) is 3.82. The van der Waals surface area contributed by atoms with Gasteiger partial charge in [-0.2, -0.15) is 5.48 Å². The fourth-order valence-electron chi connectivity index (χ4n) is 2.88. The summed E-state index contributed by atoms with van der Waals surface area (Å²) in [5, 5.41) is 0. The van der Waals surface area contributed by atoms with Crippen LogP contribution in [0.5, 0.6) is 5.75 Å². The Balaban J connectivity index is 2.46. The highest BCUT2D eigenvalue weighted by Crippen LogP contribution is 2.44. The molecule has 0 bridgehead atoms. The molecule has 0 radical (unpaired) electrons. The van der Waals surface area contributed by atoms with Crippen molar-refractivity contribution in [3.05, 3.63) is 28.8 Å².